The minimum atomic E-state index is 0.0173. The number of nitrogens with zero attached hydrogens (tertiary/aromatic N) is 2. The third-order valence-electron chi connectivity index (χ3n) is 2.02. The zero-order valence-corrected chi connectivity index (χ0v) is 7.44. The molecule has 0 bridgehead atoms. The fraction of sp³-hybridized carbons (Fsp3) is 0.556. The molecule has 2 heterocycles. The van der Waals surface area contributed by atoms with Gasteiger partial charge in [-0.2, -0.15) is 0 Å². The summed E-state index contributed by atoms with van der Waals surface area (Å²) in [6.07, 6.45) is 4.57. The van der Waals surface area contributed by atoms with E-state index < -0.39 is 0 Å². The summed E-state index contributed by atoms with van der Waals surface area (Å²) in [4.78, 5) is 8.34. The van der Waals surface area contributed by atoms with E-state index in [1.165, 1.54) is 0 Å². The second-order valence-corrected chi connectivity index (χ2v) is 3.02. The average molecular weight is 179 g/mol. The first-order valence-electron chi connectivity index (χ1n) is 4.56. The topological polar surface area (TPSA) is 47.0 Å². The van der Waals surface area contributed by atoms with E-state index in [9.17, 15) is 0 Å². The summed E-state index contributed by atoms with van der Waals surface area (Å²) in [5.41, 5.74) is 0. The van der Waals surface area contributed by atoms with Crippen LogP contribution in [0.4, 0.5) is 0 Å². The van der Waals surface area contributed by atoms with Crippen LogP contribution in [-0.2, 0) is 4.74 Å². The van der Waals surface area contributed by atoms with Gasteiger partial charge in [-0.1, -0.05) is 0 Å². The van der Waals surface area contributed by atoms with Crippen LogP contribution in [0, 0.1) is 0 Å². The summed E-state index contributed by atoms with van der Waals surface area (Å²) in [5.74, 6) is 0.775. The van der Waals surface area contributed by atoms with Gasteiger partial charge in [-0.25, -0.2) is 9.97 Å². The maximum atomic E-state index is 5.60. The van der Waals surface area contributed by atoms with Gasteiger partial charge in [0.25, 0.3) is 0 Å². The molecule has 1 saturated heterocycles. The SMILES string of the molecule is c1cnc([C@@H]2CNCCCO2)nc1. The van der Waals surface area contributed by atoms with Crippen LogP contribution in [-0.4, -0.2) is 29.7 Å². The van der Waals surface area contributed by atoms with Gasteiger partial charge in [-0.15, -0.1) is 0 Å². The zero-order valence-electron chi connectivity index (χ0n) is 7.44. The lowest BCUT2D eigenvalue weighted by atomic mass is 10.3. The Bertz CT molecular complexity index is 244. The third-order valence-corrected chi connectivity index (χ3v) is 2.02. The fourth-order valence-electron chi connectivity index (χ4n) is 1.36. The van der Waals surface area contributed by atoms with Gasteiger partial charge >= 0.3 is 0 Å². The van der Waals surface area contributed by atoms with Crippen molar-refractivity contribution < 1.29 is 4.74 Å². The zero-order chi connectivity index (χ0) is 8.93. The van der Waals surface area contributed by atoms with Crippen LogP contribution < -0.4 is 5.32 Å². The minimum absolute atomic E-state index is 0.0173. The quantitative estimate of drug-likeness (QED) is 0.683. The average Bonchev–Trinajstić information content (AvgIpc) is 2.47. The molecule has 0 spiro atoms. The van der Waals surface area contributed by atoms with Crippen molar-refractivity contribution in [2.75, 3.05) is 19.7 Å². The molecule has 1 fully saturated rings. The van der Waals surface area contributed by atoms with Gasteiger partial charge in [-0.3, -0.25) is 0 Å². The Hall–Kier alpha value is -1.00. The molecule has 1 aliphatic heterocycles. The number of hydrogen-bond donors (Lipinski definition) is 1. The first-order chi connectivity index (χ1) is 6.47. The first-order valence-corrected chi connectivity index (χ1v) is 4.56. The predicted molar refractivity (Wildman–Crippen MR) is 48.2 cm³/mol. The van der Waals surface area contributed by atoms with Crippen LogP contribution >= 0.6 is 0 Å². The van der Waals surface area contributed by atoms with E-state index in [-0.39, 0.29) is 6.10 Å². The summed E-state index contributed by atoms with van der Waals surface area (Å²) >= 11 is 0. The van der Waals surface area contributed by atoms with E-state index in [0.29, 0.717) is 0 Å². The summed E-state index contributed by atoms with van der Waals surface area (Å²) in [5, 5.41) is 3.29. The Morgan fingerprint density at radius 3 is 3.08 bits per heavy atom. The molecule has 70 valence electrons. The minimum Gasteiger partial charge on any atom is -0.369 e. The standard InChI is InChI=1S/C9H13N3O/c1-4-11-9(12-5-1)8-7-10-3-2-6-13-8/h1,4-5,8,10H,2-3,6-7H2/t8-/m0/s1. The Kier molecular flexibility index (Phi) is 2.84. The summed E-state index contributed by atoms with van der Waals surface area (Å²) in [7, 11) is 0. The number of nitrogens with one attached hydrogen (secondary N) is 1. The highest BCUT2D eigenvalue weighted by Crippen LogP contribution is 2.12. The Labute approximate surface area is 77.4 Å². The van der Waals surface area contributed by atoms with E-state index >= 15 is 0 Å². The molecule has 4 heteroatoms. The second-order valence-electron chi connectivity index (χ2n) is 3.02. The largest absolute Gasteiger partial charge is 0.369 e. The Balaban J connectivity index is 2.06. The van der Waals surface area contributed by atoms with Crippen molar-refractivity contribution in [2.24, 2.45) is 0 Å². The molecule has 0 saturated carbocycles. The molecular weight excluding hydrogens is 166 g/mol. The molecule has 2 rings (SSSR count). The molecule has 1 aromatic heterocycles. The normalized spacial score (nSPS) is 23.8. The summed E-state index contributed by atoms with van der Waals surface area (Å²) in [6, 6.07) is 1.81. The lowest BCUT2D eigenvalue weighted by Crippen LogP contribution is -2.21. The second kappa shape index (κ2) is 4.30. The van der Waals surface area contributed by atoms with E-state index in [4.69, 9.17) is 4.74 Å². The molecule has 1 atom stereocenters. The van der Waals surface area contributed by atoms with Crippen LogP contribution in [0.2, 0.25) is 0 Å². The van der Waals surface area contributed by atoms with Crippen LogP contribution in [0.25, 0.3) is 0 Å². The highest BCUT2D eigenvalue weighted by atomic mass is 16.5. The lowest BCUT2D eigenvalue weighted by Gasteiger charge is -2.12. The number of ether oxygens (including phenoxy) is 1. The first kappa shape index (κ1) is 8.59. The van der Waals surface area contributed by atoms with Crippen molar-refractivity contribution in [2.45, 2.75) is 12.5 Å². The van der Waals surface area contributed by atoms with E-state index in [1.54, 1.807) is 12.4 Å². The van der Waals surface area contributed by atoms with Crippen molar-refractivity contribution >= 4 is 0 Å². The van der Waals surface area contributed by atoms with Gasteiger partial charge in [0.15, 0.2) is 5.82 Å². The summed E-state index contributed by atoms with van der Waals surface area (Å²) < 4.78 is 5.60. The Morgan fingerprint density at radius 1 is 1.38 bits per heavy atom. The third kappa shape index (κ3) is 2.23. The molecule has 4 nitrogen and oxygen atoms in total. The van der Waals surface area contributed by atoms with Crippen LogP contribution in [0.5, 0.6) is 0 Å². The molecule has 0 unspecified atom stereocenters. The molecule has 0 aromatic carbocycles. The van der Waals surface area contributed by atoms with Gasteiger partial charge in [-0.05, 0) is 19.0 Å². The van der Waals surface area contributed by atoms with Crippen LogP contribution in [0.15, 0.2) is 18.5 Å². The monoisotopic (exact) mass is 179 g/mol. The predicted octanol–water partition coefficient (Wildman–Crippen LogP) is 0.528. The van der Waals surface area contributed by atoms with Gasteiger partial charge < -0.3 is 10.1 Å². The summed E-state index contributed by atoms with van der Waals surface area (Å²) in [6.45, 7) is 2.61. The lowest BCUT2D eigenvalue weighted by molar-refractivity contribution is 0.0607. The van der Waals surface area contributed by atoms with Crippen LogP contribution in [0.1, 0.15) is 18.3 Å². The van der Waals surface area contributed by atoms with Crippen molar-refractivity contribution in [3.63, 3.8) is 0 Å². The van der Waals surface area contributed by atoms with Gasteiger partial charge in [0.2, 0.25) is 0 Å². The van der Waals surface area contributed by atoms with Gasteiger partial charge in [0.05, 0.1) is 0 Å². The van der Waals surface area contributed by atoms with Crippen molar-refractivity contribution in [3.8, 4) is 0 Å². The van der Waals surface area contributed by atoms with Crippen LogP contribution in [0.3, 0.4) is 0 Å². The maximum absolute atomic E-state index is 5.60. The number of rotatable bonds is 1. The van der Waals surface area contributed by atoms with E-state index in [1.807, 2.05) is 6.07 Å². The molecule has 13 heavy (non-hydrogen) atoms. The molecular formula is C9H13N3O. The highest BCUT2D eigenvalue weighted by Gasteiger charge is 2.16. The molecule has 1 aromatic rings. The van der Waals surface area contributed by atoms with Gasteiger partial charge in [0.1, 0.15) is 6.10 Å². The number of hydrogen-bond acceptors (Lipinski definition) is 4. The molecule has 1 N–H and O–H groups in total. The van der Waals surface area contributed by atoms with Crippen molar-refractivity contribution in [1.82, 2.24) is 15.3 Å². The maximum Gasteiger partial charge on any atom is 0.158 e. The van der Waals surface area contributed by atoms with Crippen molar-refractivity contribution in [1.29, 1.82) is 0 Å². The smallest absolute Gasteiger partial charge is 0.158 e. The number of aromatic nitrogens is 2. The van der Waals surface area contributed by atoms with E-state index in [0.717, 1.165) is 31.9 Å². The fourth-order valence-corrected chi connectivity index (χ4v) is 1.36. The van der Waals surface area contributed by atoms with E-state index in [2.05, 4.69) is 15.3 Å². The van der Waals surface area contributed by atoms with Crippen molar-refractivity contribution in [3.05, 3.63) is 24.3 Å². The molecule has 0 amide bonds. The highest BCUT2D eigenvalue weighted by molar-refractivity contribution is 4.94. The molecule has 0 radical (unpaired) electrons. The Morgan fingerprint density at radius 2 is 2.23 bits per heavy atom. The molecule has 1 aliphatic rings. The molecule has 0 aliphatic carbocycles. The van der Waals surface area contributed by atoms with Gasteiger partial charge in [0, 0.05) is 25.5 Å².